The number of benzene rings is 1. The van der Waals surface area contributed by atoms with E-state index in [2.05, 4.69) is 30.9 Å². The van der Waals surface area contributed by atoms with Gasteiger partial charge in [0.05, 0.1) is 0 Å². The van der Waals surface area contributed by atoms with Crippen molar-refractivity contribution in [3.8, 4) is 0 Å². The van der Waals surface area contributed by atoms with E-state index in [1.807, 2.05) is 12.1 Å². The number of piperidine rings is 1. The number of aromatic nitrogens is 2. The first-order chi connectivity index (χ1) is 13.8. The van der Waals surface area contributed by atoms with Gasteiger partial charge in [0.25, 0.3) is 5.56 Å². The smallest absolute Gasteiger partial charge is 0.299 e. The summed E-state index contributed by atoms with van der Waals surface area (Å²) in [4.78, 5) is 39.1. The van der Waals surface area contributed by atoms with Crippen molar-refractivity contribution >= 4 is 5.78 Å². The Bertz CT molecular complexity index is 978. The van der Waals surface area contributed by atoms with Crippen molar-refractivity contribution in [3.63, 3.8) is 0 Å². The molecule has 3 rings (SSSR count). The number of likely N-dealkylation sites (tertiary alicyclic amines) is 1. The molecule has 1 fully saturated rings. The lowest BCUT2D eigenvalue weighted by Gasteiger charge is -2.31. The molecule has 6 nitrogen and oxygen atoms in total. The first-order valence-electron chi connectivity index (χ1n) is 10.4. The third kappa shape index (κ3) is 4.93. The van der Waals surface area contributed by atoms with Crippen LogP contribution in [0.15, 0.2) is 39.9 Å². The molecule has 0 bridgehead atoms. The Hall–Kier alpha value is -2.47. The minimum absolute atomic E-state index is 0.0367. The second-order valence-electron chi connectivity index (χ2n) is 8.58. The fourth-order valence-electron chi connectivity index (χ4n) is 4.02. The molecule has 0 amide bonds. The summed E-state index contributed by atoms with van der Waals surface area (Å²) in [5, 5.41) is 0. The van der Waals surface area contributed by atoms with Gasteiger partial charge < -0.3 is 0 Å². The molecule has 6 heteroatoms. The van der Waals surface area contributed by atoms with E-state index in [-0.39, 0.29) is 23.0 Å². The zero-order chi connectivity index (χ0) is 21.1. The maximum Gasteiger partial charge on any atom is 0.330 e. The molecule has 0 N–H and O–H groups in total. The Morgan fingerprint density at radius 2 is 1.66 bits per heavy atom. The molecule has 1 aromatic carbocycles. The van der Waals surface area contributed by atoms with Crippen LogP contribution in [0, 0.1) is 11.8 Å². The molecule has 1 aliphatic rings. The Morgan fingerprint density at radius 3 is 2.24 bits per heavy atom. The molecule has 29 heavy (non-hydrogen) atoms. The summed E-state index contributed by atoms with van der Waals surface area (Å²) >= 11 is 0. The highest BCUT2D eigenvalue weighted by Gasteiger charge is 2.26. The summed E-state index contributed by atoms with van der Waals surface area (Å²) in [5.74, 6) is 0.863. The van der Waals surface area contributed by atoms with Gasteiger partial charge in [-0.15, -0.1) is 0 Å². The molecule has 1 aliphatic heterocycles. The van der Waals surface area contributed by atoms with Crippen molar-refractivity contribution in [1.82, 2.24) is 14.0 Å². The number of hydrogen-bond donors (Lipinski definition) is 0. The van der Waals surface area contributed by atoms with Crippen LogP contribution in [-0.4, -0.2) is 32.9 Å². The van der Waals surface area contributed by atoms with E-state index >= 15 is 0 Å². The first kappa shape index (κ1) is 21.2. The average Bonchev–Trinajstić information content (AvgIpc) is 2.70. The molecule has 1 saturated heterocycles. The predicted octanol–water partition coefficient (Wildman–Crippen LogP) is 2.38. The second-order valence-corrected chi connectivity index (χ2v) is 8.58. The van der Waals surface area contributed by atoms with E-state index in [1.54, 1.807) is 7.05 Å². The summed E-state index contributed by atoms with van der Waals surface area (Å²) in [7, 11) is 3.18. The Labute approximate surface area is 171 Å². The normalized spacial score (nSPS) is 15.8. The number of ketones is 1. The van der Waals surface area contributed by atoms with Gasteiger partial charge in [0.15, 0.2) is 5.78 Å². The van der Waals surface area contributed by atoms with E-state index in [0.29, 0.717) is 18.2 Å². The second kappa shape index (κ2) is 8.91. The van der Waals surface area contributed by atoms with E-state index in [0.717, 1.165) is 42.5 Å². The minimum Gasteiger partial charge on any atom is -0.299 e. The zero-order valence-electron chi connectivity index (χ0n) is 17.9. The van der Waals surface area contributed by atoms with Gasteiger partial charge in [-0.3, -0.25) is 23.6 Å². The molecular weight excluding hydrogens is 366 g/mol. The quantitative estimate of drug-likeness (QED) is 0.702. The van der Waals surface area contributed by atoms with Gasteiger partial charge in [0.1, 0.15) is 0 Å². The summed E-state index contributed by atoms with van der Waals surface area (Å²) in [6.45, 7) is 6.50. The van der Waals surface area contributed by atoms with E-state index in [9.17, 15) is 14.4 Å². The van der Waals surface area contributed by atoms with Crippen molar-refractivity contribution in [2.75, 3.05) is 13.1 Å². The molecule has 0 aliphatic carbocycles. The molecule has 156 valence electrons. The highest BCUT2D eigenvalue weighted by atomic mass is 16.2. The number of carbonyl (C=O) groups is 1. The van der Waals surface area contributed by atoms with Gasteiger partial charge in [0, 0.05) is 43.9 Å². The first-order valence-corrected chi connectivity index (χ1v) is 10.4. The largest absolute Gasteiger partial charge is 0.330 e. The van der Waals surface area contributed by atoms with E-state index in [4.69, 9.17) is 0 Å². The van der Waals surface area contributed by atoms with Gasteiger partial charge in [-0.05, 0) is 43.8 Å². The SMILES string of the molecule is CC(C)Cc1ccc(C(=O)C2CCN(Cc3cc(=O)n(C)c(=O)n3C)CC2)cc1. The predicted molar refractivity (Wildman–Crippen MR) is 114 cm³/mol. The third-order valence-corrected chi connectivity index (χ3v) is 5.85. The lowest BCUT2D eigenvalue weighted by Crippen LogP contribution is -2.41. The number of carbonyl (C=O) groups excluding carboxylic acids is 1. The van der Waals surface area contributed by atoms with E-state index in [1.165, 1.54) is 23.2 Å². The number of hydrogen-bond acceptors (Lipinski definition) is 4. The van der Waals surface area contributed by atoms with Crippen molar-refractivity contribution in [1.29, 1.82) is 0 Å². The van der Waals surface area contributed by atoms with Crippen LogP contribution in [0.4, 0.5) is 0 Å². The van der Waals surface area contributed by atoms with Crippen molar-refractivity contribution in [2.45, 2.75) is 39.7 Å². The highest BCUT2D eigenvalue weighted by Crippen LogP contribution is 2.23. The summed E-state index contributed by atoms with van der Waals surface area (Å²) < 4.78 is 2.64. The molecule has 0 spiro atoms. The fourth-order valence-corrected chi connectivity index (χ4v) is 4.02. The molecule has 0 unspecified atom stereocenters. The molecule has 0 atom stereocenters. The molecule has 1 aromatic heterocycles. The maximum atomic E-state index is 12.9. The molecule has 0 saturated carbocycles. The van der Waals surface area contributed by atoms with E-state index < -0.39 is 0 Å². The van der Waals surface area contributed by atoms with Gasteiger partial charge in [0.2, 0.25) is 0 Å². The summed E-state index contributed by atoms with van der Waals surface area (Å²) in [6, 6.07) is 9.58. The van der Waals surface area contributed by atoms with Crippen LogP contribution >= 0.6 is 0 Å². The molecular formula is C23H31N3O3. The van der Waals surface area contributed by atoms with Crippen LogP contribution in [0.2, 0.25) is 0 Å². The topological polar surface area (TPSA) is 64.3 Å². The Balaban J connectivity index is 1.60. The lowest BCUT2D eigenvalue weighted by molar-refractivity contribution is 0.0832. The van der Waals surface area contributed by atoms with Crippen molar-refractivity contribution < 1.29 is 4.79 Å². The van der Waals surface area contributed by atoms with Gasteiger partial charge in [-0.2, -0.15) is 0 Å². The number of nitrogens with zero attached hydrogens (tertiary/aromatic N) is 3. The Kier molecular flexibility index (Phi) is 6.52. The average molecular weight is 398 g/mol. The molecule has 2 aromatic rings. The molecule has 0 radical (unpaired) electrons. The fraction of sp³-hybridized carbons (Fsp3) is 0.522. The van der Waals surface area contributed by atoms with Crippen LogP contribution < -0.4 is 11.2 Å². The van der Waals surface area contributed by atoms with Crippen molar-refractivity contribution in [2.24, 2.45) is 25.9 Å². The van der Waals surface area contributed by atoms with Crippen LogP contribution in [0.1, 0.15) is 48.3 Å². The standard InChI is InChI=1S/C23H31N3O3/c1-16(2)13-17-5-7-18(8-6-17)22(28)19-9-11-26(12-10-19)15-20-14-21(27)25(4)23(29)24(20)3/h5-8,14,16,19H,9-13,15H2,1-4H3. The van der Waals surface area contributed by atoms with Crippen LogP contribution in [0.25, 0.3) is 0 Å². The molecule has 2 heterocycles. The summed E-state index contributed by atoms with van der Waals surface area (Å²) in [6.07, 6.45) is 2.62. The van der Waals surface area contributed by atoms with Crippen molar-refractivity contribution in [3.05, 3.63) is 68.0 Å². The van der Waals surface area contributed by atoms with Crippen LogP contribution in [0.5, 0.6) is 0 Å². The highest BCUT2D eigenvalue weighted by molar-refractivity contribution is 5.97. The van der Waals surface area contributed by atoms with Gasteiger partial charge >= 0.3 is 5.69 Å². The van der Waals surface area contributed by atoms with Gasteiger partial charge in [-0.25, -0.2) is 4.79 Å². The number of rotatable bonds is 6. The zero-order valence-corrected chi connectivity index (χ0v) is 17.9. The lowest BCUT2D eigenvalue weighted by atomic mass is 9.88. The van der Waals surface area contributed by atoms with Crippen LogP contribution in [-0.2, 0) is 27.1 Å². The Morgan fingerprint density at radius 1 is 1.03 bits per heavy atom. The minimum atomic E-state index is -0.307. The monoisotopic (exact) mass is 397 g/mol. The number of Topliss-reactive ketones (excluding diaryl/α,β-unsaturated/α-hetero) is 1. The summed E-state index contributed by atoms with van der Waals surface area (Å²) in [5.41, 5.74) is 2.19. The van der Waals surface area contributed by atoms with Crippen LogP contribution in [0.3, 0.4) is 0 Å². The third-order valence-electron chi connectivity index (χ3n) is 5.85. The van der Waals surface area contributed by atoms with Gasteiger partial charge in [-0.1, -0.05) is 38.1 Å². The maximum absolute atomic E-state index is 12.9.